The molecule has 0 aromatic carbocycles. The summed E-state index contributed by atoms with van der Waals surface area (Å²) < 4.78 is 28.4. The molecule has 6 nitrogen and oxygen atoms in total. The van der Waals surface area contributed by atoms with Crippen LogP contribution in [0.1, 0.15) is 40.0 Å². The van der Waals surface area contributed by atoms with Crippen molar-refractivity contribution in [3.05, 3.63) is 0 Å². The maximum atomic E-state index is 12.1. The monoisotopic (exact) mass is 320 g/mol. The van der Waals surface area contributed by atoms with Gasteiger partial charge in [0.1, 0.15) is 0 Å². The van der Waals surface area contributed by atoms with Gasteiger partial charge in [-0.25, -0.2) is 4.72 Å². The second-order valence-corrected chi connectivity index (χ2v) is 8.25. The molecule has 0 aromatic rings. The molecular formula is C14H32N4O2S. The lowest BCUT2D eigenvalue weighted by molar-refractivity contribution is 0.247. The van der Waals surface area contributed by atoms with Gasteiger partial charge >= 0.3 is 0 Å². The van der Waals surface area contributed by atoms with Gasteiger partial charge in [0.25, 0.3) is 10.2 Å². The lowest BCUT2D eigenvalue weighted by Gasteiger charge is -2.26. The first-order valence-corrected chi connectivity index (χ1v) is 9.34. The minimum absolute atomic E-state index is 0.225. The zero-order valence-electron chi connectivity index (χ0n) is 14.1. The molecule has 21 heavy (non-hydrogen) atoms. The predicted molar refractivity (Wildman–Crippen MR) is 87.6 cm³/mol. The van der Waals surface area contributed by atoms with Crippen molar-refractivity contribution in [2.75, 3.05) is 33.7 Å². The van der Waals surface area contributed by atoms with Gasteiger partial charge in [0.05, 0.1) is 0 Å². The lowest BCUT2D eigenvalue weighted by atomic mass is 10.3. The second kappa shape index (κ2) is 8.43. The summed E-state index contributed by atoms with van der Waals surface area (Å²) in [6, 6.07) is 1.30. The van der Waals surface area contributed by atoms with Crippen LogP contribution < -0.4 is 10.0 Å². The van der Waals surface area contributed by atoms with Crippen LogP contribution in [0.25, 0.3) is 0 Å². The third-order valence-corrected chi connectivity index (χ3v) is 5.53. The first-order valence-electron chi connectivity index (χ1n) is 7.90. The first-order chi connectivity index (χ1) is 9.74. The third kappa shape index (κ3) is 7.06. The van der Waals surface area contributed by atoms with Crippen molar-refractivity contribution in [1.29, 1.82) is 0 Å². The van der Waals surface area contributed by atoms with Crippen LogP contribution in [0.15, 0.2) is 0 Å². The van der Waals surface area contributed by atoms with Gasteiger partial charge < -0.3 is 5.32 Å². The average Bonchev–Trinajstić information content (AvgIpc) is 3.24. The fourth-order valence-corrected chi connectivity index (χ4v) is 3.18. The van der Waals surface area contributed by atoms with E-state index in [1.807, 2.05) is 0 Å². The van der Waals surface area contributed by atoms with Crippen LogP contribution in [0.5, 0.6) is 0 Å². The molecule has 0 radical (unpaired) electrons. The molecule has 1 aliphatic rings. The molecule has 1 unspecified atom stereocenters. The van der Waals surface area contributed by atoms with Crippen molar-refractivity contribution in [1.82, 2.24) is 19.2 Å². The Bertz CT molecular complexity index is 396. The summed E-state index contributed by atoms with van der Waals surface area (Å²) in [7, 11) is 0.333. The SMILES string of the molecule is CC(C)NCCCN(C)S(=O)(=O)NCC(C)N(C)C1CC1. The Morgan fingerprint density at radius 2 is 1.81 bits per heavy atom. The van der Waals surface area contributed by atoms with Gasteiger partial charge in [-0.15, -0.1) is 0 Å². The maximum Gasteiger partial charge on any atom is 0.279 e. The lowest BCUT2D eigenvalue weighted by Crippen LogP contribution is -2.46. The number of rotatable bonds is 11. The number of nitrogens with one attached hydrogen (secondary N) is 2. The molecule has 0 saturated heterocycles. The van der Waals surface area contributed by atoms with Crippen LogP contribution in [-0.2, 0) is 10.2 Å². The second-order valence-electron chi connectivity index (χ2n) is 6.38. The highest BCUT2D eigenvalue weighted by Gasteiger charge is 2.29. The summed E-state index contributed by atoms with van der Waals surface area (Å²) in [5.41, 5.74) is 0. The van der Waals surface area contributed by atoms with Gasteiger partial charge in [-0.1, -0.05) is 13.8 Å². The van der Waals surface area contributed by atoms with Crippen molar-refractivity contribution >= 4 is 10.2 Å². The molecule has 126 valence electrons. The highest BCUT2D eigenvalue weighted by atomic mass is 32.2. The van der Waals surface area contributed by atoms with Crippen molar-refractivity contribution < 1.29 is 8.42 Å². The van der Waals surface area contributed by atoms with Crippen molar-refractivity contribution in [3.8, 4) is 0 Å². The van der Waals surface area contributed by atoms with E-state index >= 15 is 0 Å². The van der Waals surface area contributed by atoms with Gasteiger partial charge in [-0.3, -0.25) is 4.90 Å². The molecule has 0 aliphatic heterocycles. The average molecular weight is 321 g/mol. The fourth-order valence-electron chi connectivity index (χ4n) is 2.13. The van der Waals surface area contributed by atoms with Gasteiger partial charge in [0, 0.05) is 38.3 Å². The van der Waals surface area contributed by atoms with Crippen LogP contribution in [0, 0.1) is 0 Å². The van der Waals surface area contributed by atoms with Gasteiger partial charge in [0.2, 0.25) is 0 Å². The van der Waals surface area contributed by atoms with E-state index in [1.165, 1.54) is 17.1 Å². The predicted octanol–water partition coefficient (Wildman–Crippen LogP) is 0.623. The van der Waals surface area contributed by atoms with Crippen molar-refractivity contribution in [2.45, 2.75) is 58.2 Å². The van der Waals surface area contributed by atoms with Crippen LogP contribution in [0.3, 0.4) is 0 Å². The Kier molecular flexibility index (Phi) is 7.56. The molecule has 0 spiro atoms. The molecule has 0 bridgehead atoms. The van der Waals surface area contributed by atoms with Crippen LogP contribution in [0.2, 0.25) is 0 Å². The minimum Gasteiger partial charge on any atom is -0.314 e. The smallest absolute Gasteiger partial charge is 0.279 e. The third-order valence-electron chi connectivity index (χ3n) is 3.99. The van der Waals surface area contributed by atoms with Gasteiger partial charge in [-0.05, 0) is 39.8 Å². The summed E-state index contributed by atoms with van der Waals surface area (Å²) >= 11 is 0. The van der Waals surface area contributed by atoms with E-state index in [-0.39, 0.29) is 6.04 Å². The normalized spacial score (nSPS) is 17.9. The zero-order valence-corrected chi connectivity index (χ0v) is 14.9. The topological polar surface area (TPSA) is 64.7 Å². The largest absolute Gasteiger partial charge is 0.314 e. The number of hydrogen-bond donors (Lipinski definition) is 2. The molecule has 1 fully saturated rings. The van der Waals surface area contributed by atoms with Crippen LogP contribution in [0.4, 0.5) is 0 Å². The van der Waals surface area contributed by atoms with E-state index < -0.39 is 10.2 Å². The quantitative estimate of drug-likeness (QED) is 0.548. The number of nitrogens with zero attached hydrogens (tertiary/aromatic N) is 2. The fraction of sp³-hybridized carbons (Fsp3) is 1.00. The van der Waals surface area contributed by atoms with Crippen molar-refractivity contribution in [2.24, 2.45) is 0 Å². The van der Waals surface area contributed by atoms with E-state index in [1.54, 1.807) is 7.05 Å². The number of hydrogen-bond acceptors (Lipinski definition) is 4. The molecule has 1 atom stereocenters. The highest BCUT2D eigenvalue weighted by Crippen LogP contribution is 2.26. The molecule has 1 rings (SSSR count). The number of likely N-dealkylation sites (N-methyl/N-ethyl adjacent to an activating group) is 1. The Morgan fingerprint density at radius 3 is 2.33 bits per heavy atom. The van der Waals surface area contributed by atoms with E-state index in [0.29, 0.717) is 25.2 Å². The summed E-state index contributed by atoms with van der Waals surface area (Å²) in [5.74, 6) is 0. The standard InChI is InChI=1S/C14H32N4O2S/c1-12(2)15-9-6-10-17(4)21(19,20)16-11-13(3)18(5)14-7-8-14/h12-16H,6-11H2,1-5H3. The minimum atomic E-state index is -3.37. The molecule has 0 heterocycles. The van der Waals surface area contributed by atoms with E-state index in [4.69, 9.17) is 0 Å². The Labute approximate surface area is 130 Å². The maximum absolute atomic E-state index is 12.1. The van der Waals surface area contributed by atoms with Crippen LogP contribution >= 0.6 is 0 Å². The summed E-state index contributed by atoms with van der Waals surface area (Å²) in [6.45, 7) is 8.05. The summed E-state index contributed by atoms with van der Waals surface area (Å²) in [5, 5.41) is 3.29. The van der Waals surface area contributed by atoms with Gasteiger partial charge in [-0.2, -0.15) is 12.7 Å². The molecule has 2 N–H and O–H groups in total. The van der Waals surface area contributed by atoms with Crippen molar-refractivity contribution in [3.63, 3.8) is 0 Å². The molecule has 7 heteroatoms. The zero-order chi connectivity index (χ0) is 16.0. The van der Waals surface area contributed by atoms with E-state index in [9.17, 15) is 8.42 Å². The Hall–Kier alpha value is -0.210. The van der Waals surface area contributed by atoms with E-state index in [2.05, 4.69) is 42.8 Å². The molecule has 1 saturated carbocycles. The molecule has 0 aromatic heterocycles. The molecular weight excluding hydrogens is 288 g/mol. The Balaban J connectivity index is 2.27. The van der Waals surface area contributed by atoms with Gasteiger partial charge in [0.15, 0.2) is 0 Å². The molecule has 0 amide bonds. The first kappa shape index (κ1) is 18.8. The van der Waals surface area contributed by atoms with E-state index in [0.717, 1.165) is 13.0 Å². The Morgan fingerprint density at radius 1 is 1.19 bits per heavy atom. The highest BCUT2D eigenvalue weighted by molar-refractivity contribution is 7.87. The van der Waals surface area contributed by atoms with Crippen LogP contribution in [-0.4, -0.2) is 69.5 Å². The summed E-state index contributed by atoms with van der Waals surface area (Å²) in [4.78, 5) is 2.26. The summed E-state index contributed by atoms with van der Waals surface area (Å²) in [6.07, 6.45) is 3.28. The molecule has 1 aliphatic carbocycles.